The lowest BCUT2D eigenvalue weighted by atomic mass is 9.93. The Kier molecular flexibility index (Phi) is 9.56. The summed E-state index contributed by atoms with van der Waals surface area (Å²) >= 11 is 6.10. The summed E-state index contributed by atoms with van der Waals surface area (Å²) in [5.41, 5.74) is 4.32. The van der Waals surface area contributed by atoms with E-state index in [1.807, 2.05) is 61.1 Å². The van der Waals surface area contributed by atoms with E-state index in [4.69, 9.17) is 11.6 Å². The number of rotatable bonds is 9. The number of carbonyl (C=O) groups is 3. The predicted octanol–water partition coefficient (Wildman–Crippen LogP) is 3.68. The van der Waals surface area contributed by atoms with Crippen molar-refractivity contribution in [3.63, 3.8) is 0 Å². The van der Waals surface area contributed by atoms with E-state index in [2.05, 4.69) is 27.4 Å². The van der Waals surface area contributed by atoms with Crippen molar-refractivity contribution in [2.75, 3.05) is 37.6 Å². The van der Waals surface area contributed by atoms with Gasteiger partial charge in [0, 0.05) is 56.4 Å². The maximum atomic E-state index is 13.9. The van der Waals surface area contributed by atoms with Crippen LogP contribution in [-0.4, -0.2) is 61.4 Å². The maximum Gasteiger partial charge on any atom is 0.253 e. The summed E-state index contributed by atoms with van der Waals surface area (Å²) in [5.74, 6) is -0.545. The van der Waals surface area contributed by atoms with Crippen LogP contribution in [0.2, 0.25) is 5.02 Å². The predicted molar refractivity (Wildman–Crippen MR) is 165 cm³/mol. The van der Waals surface area contributed by atoms with Crippen molar-refractivity contribution in [2.45, 2.75) is 24.9 Å². The summed E-state index contributed by atoms with van der Waals surface area (Å²) in [7, 11) is 0. The average molecular weight is 585 g/mol. The second-order valence-corrected chi connectivity index (χ2v) is 10.9. The molecule has 2 aliphatic heterocycles. The van der Waals surface area contributed by atoms with Gasteiger partial charge in [0.2, 0.25) is 11.8 Å². The van der Waals surface area contributed by atoms with E-state index in [0.717, 1.165) is 28.8 Å². The molecule has 1 unspecified atom stereocenters. The molecule has 3 amide bonds. The third kappa shape index (κ3) is 6.83. The Labute approximate surface area is 251 Å². The number of hydrogen-bond acceptors (Lipinski definition) is 5. The summed E-state index contributed by atoms with van der Waals surface area (Å²) in [5, 5.41) is 9.71. The van der Waals surface area contributed by atoms with Crippen molar-refractivity contribution in [1.82, 2.24) is 20.9 Å². The third-order valence-electron chi connectivity index (χ3n) is 7.69. The molecule has 3 aromatic rings. The molecule has 0 bridgehead atoms. The molecular formula is C33H35ClN5O3. The number of carbonyl (C=O) groups excluding carboxylic acids is 3. The standard InChI is InChI=1S/C33H35ClN5O3/c1-2-16-36-31(40)27-9-5-6-10-29(27)38-18-20-39(21-19-38)33(42)28(22-23-11-13-25(34)14-12-23)37-32(41)30-26-8-4-3-7-24(26)15-17-35-30/h2-14,17,28,30,35H,1,15-16,18-22H2,(H,36,40)(H,37,41)/t28-,30?/m1/s1. The molecule has 0 aromatic heterocycles. The third-order valence-corrected chi connectivity index (χ3v) is 7.94. The van der Waals surface area contributed by atoms with Crippen molar-refractivity contribution in [2.24, 2.45) is 0 Å². The van der Waals surface area contributed by atoms with Crippen LogP contribution in [0.25, 0.3) is 0 Å². The fraction of sp³-hybridized carbons (Fsp3) is 0.273. The molecule has 1 radical (unpaired) electrons. The Balaban J connectivity index is 1.30. The minimum atomic E-state index is -0.752. The molecule has 42 heavy (non-hydrogen) atoms. The van der Waals surface area contributed by atoms with Crippen molar-refractivity contribution in [1.29, 1.82) is 0 Å². The second-order valence-electron chi connectivity index (χ2n) is 10.4. The van der Waals surface area contributed by atoms with Gasteiger partial charge in [0.15, 0.2) is 0 Å². The van der Waals surface area contributed by atoms with Crippen LogP contribution in [0.1, 0.15) is 33.1 Å². The number of nitrogens with zero attached hydrogens (tertiary/aromatic N) is 2. The molecule has 1 fully saturated rings. The lowest BCUT2D eigenvalue weighted by molar-refractivity contribution is -0.137. The van der Waals surface area contributed by atoms with Gasteiger partial charge < -0.3 is 20.4 Å². The lowest BCUT2D eigenvalue weighted by Crippen LogP contribution is -2.57. The van der Waals surface area contributed by atoms with Gasteiger partial charge in [-0.25, -0.2) is 0 Å². The molecule has 5 rings (SSSR count). The molecule has 3 aromatic carbocycles. The highest BCUT2D eigenvalue weighted by Crippen LogP contribution is 2.25. The molecular weight excluding hydrogens is 550 g/mol. The molecule has 8 nitrogen and oxygen atoms in total. The molecule has 0 spiro atoms. The zero-order valence-electron chi connectivity index (χ0n) is 23.4. The van der Waals surface area contributed by atoms with Crippen LogP contribution in [0.4, 0.5) is 5.69 Å². The molecule has 2 atom stereocenters. The maximum absolute atomic E-state index is 13.9. The van der Waals surface area contributed by atoms with Crippen molar-refractivity contribution in [3.8, 4) is 0 Å². The number of benzene rings is 3. The average Bonchev–Trinajstić information content (AvgIpc) is 3.03. The van der Waals surface area contributed by atoms with Crippen LogP contribution >= 0.6 is 11.6 Å². The lowest BCUT2D eigenvalue weighted by Gasteiger charge is -2.38. The SMILES string of the molecule is C=CCNC(=O)c1ccccc1N1CCN(C(=O)[C@@H](Cc2ccc(Cl)cc2)NC(=O)C2N[CH]Cc3ccccc32)CC1. The Morgan fingerprint density at radius 3 is 2.45 bits per heavy atom. The molecule has 9 heteroatoms. The number of halogens is 1. The number of nitrogens with one attached hydrogen (secondary N) is 3. The van der Waals surface area contributed by atoms with Gasteiger partial charge in [-0.05, 0) is 47.4 Å². The monoisotopic (exact) mass is 584 g/mol. The zero-order chi connectivity index (χ0) is 29.5. The Morgan fingerprint density at radius 2 is 1.69 bits per heavy atom. The highest BCUT2D eigenvalue weighted by atomic mass is 35.5. The highest BCUT2D eigenvalue weighted by molar-refractivity contribution is 6.30. The van der Waals surface area contributed by atoms with Crippen molar-refractivity contribution < 1.29 is 14.4 Å². The summed E-state index contributed by atoms with van der Waals surface area (Å²) in [4.78, 5) is 44.2. The fourth-order valence-corrected chi connectivity index (χ4v) is 5.62. The van der Waals surface area contributed by atoms with E-state index in [1.54, 1.807) is 29.2 Å². The summed E-state index contributed by atoms with van der Waals surface area (Å²) in [6.07, 6.45) is 2.72. The van der Waals surface area contributed by atoms with Gasteiger partial charge in [-0.1, -0.05) is 66.2 Å². The first kappa shape index (κ1) is 29.4. The first-order valence-electron chi connectivity index (χ1n) is 14.2. The molecule has 217 valence electrons. The van der Waals surface area contributed by atoms with Crippen LogP contribution in [-0.2, 0) is 22.4 Å². The summed E-state index contributed by atoms with van der Waals surface area (Å²) in [6.45, 7) is 7.99. The number of fused-ring (bicyclic) bond motifs is 1. The second kappa shape index (κ2) is 13.7. The topological polar surface area (TPSA) is 93.8 Å². The van der Waals surface area contributed by atoms with E-state index in [0.29, 0.717) is 49.7 Å². The van der Waals surface area contributed by atoms with Gasteiger partial charge in [-0.15, -0.1) is 6.58 Å². The van der Waals surface area contributed by atoms with Gasteiger partial charge in [0.05, 0.1) is 5.56 Å². The van der Waals surface area contributed by atoms with E-state index in [1.165, 1.54) is 0 Å². The van der Waals surface area contributed by atoms with E-state index >= 15 is 0 Å². The minimum absolute atomic E-state index is 0.136. The first-order chi connectivity index (χ1) is 20.4. The van der Waals surface area contributed by atoms with Gasteiger partial charge in [0.25, 0.3) is 5.91 Å². The molecule has 0 saturated carbocycles. The molecule has 2 aliphatic rings. The first-order valence-corrected chi connectivity index (χ1v) is 14.5. The molecule has 2 heterocycles. The molecule has 0 aliphatic carbocycles. The van der Waals surface area contributed by atoms with Crippen molar-refractivity contribution >= 4 is 35.0 Å². The van der Waals surface area contributed by atoms with Crippen molar-refractivity contribution in [3.05, 3.63) is 119 Å². The minimum Gasteiger partial charge on any atom is -0.367 e. The van der Waals surface area contributed by atoms with Gasteiger partial charge in [-0.2, -0.15) is 0 Å². The number of hydrogen-bond donors (Lipinski definition) is 3. The fourth-order valence-electron chi connectivity index (χ4n) is 5.50. The Hall–Kier alpha value is -4.14. The van der Waals surface area contributed by atoms with Gasteiger partial charge >= 0.3 is 0 Å². The van der Waals surface area contributed by atoms with Crippen LogP contribution in [0.3, 0.4) is 0 Å². The van der Waals surface area contributed by atoms with Crippen LogP contribution in [0.15, 0.2) is 85.5 Å². The largest absolute Gasteiger partial charge is 0.367 e. The Bertz CT molecular complexity index is 1440. The number of para-hydroxylation sites is 1. The van der Waals surface area contributed by atoms with Gasteiger partial charge in [0.1, 0.15) is 12.1 Å². The Morgan fingerprint density at radius 1 is 0.976 bits per heavy atom. The zero-order valence-corrected chi connectivity index (χ0v) is 24.1. The van der Waals surface area contributed by atoms with Gasteiger partial charge in [-0.3, -0.25) is 19.7 Å². The summed E-state index contributed by atoms with van der Waals surface area (Å²) in [6, 6.07) is 21.3. The van der Waals surface area contributed by atoms with Crippen LogP contribution in [0.5, 0.6) is 0 Å². The smallest absolute Gasteiger partial charge is 0.253 e. The summed E-state index contributed by atoms with van der Waals surface area (Å²) < 4.78 is 0. The quantitative estimate of drug-likeness (QED) is 0.334. The number of piperazine rings is 1. The highest BCUT2D eigenvalue weighted by Gasteiger charge is 2.33. The van der Waals surface area contributed by atoms with E-state index in [-0.39, 0.29) is 17.7 Å². The normalized spacial score (nSPS) is 17.1. The van der Waals surface area contributed by atoms with E-state index in [9.17, 15) is 14.4 Å². The van der Waals surface area contributed by atoms with Crippen LogP contribution in [0, 0.1) is 6.54 Å². The molecule has 3 N–H and O–H groups in total. The van der Waals surface area contributed by atoms with E-state index < -0.39 is 12.1 Å². The number of amides is 3. The van der Waals surface area contributed by atoms with Crippen LogP contribution < -0.4 is 20.9 Å². The molecule has 1 saturated heterocycles. The number of anilines is 1.